The minimum atomic E-state index is -1.16. The number of halogens is 1. The van der Waals surface area contributed by atoms with E-state index in [0.29, 0.717) is 10.9 Å². The Morgan fingerprint density at radius 3 is 2.80 bits per heavy atom. The van der Waals surface area contributed by atoms with E-state index >= 15 is 0 Å². The van der Waals surface area contributed by atoms with Crippen LogP contribution in [0.1, 0.15) is 10.5 Å². The number of nitrogens with two attached hydrogens (primary N) is 1. The molecule has 0 aliphatic rings. The number of carbonyl (C=O) groups is 1. The summed E-state index contributed by atoms with van der Waals surface area (Å²) in [5, 5.41) is 9.15. The number of carboxylic acid groups (broad SMARTS) is 1. The van der Waals surface area contributed by atoms with Crippen LogP contribution in [-0.4, -0.2) is 16.1 Å². The fourth-order valence-electron chi connectivity index (χ4n) is 1.33. The number of anilines is 1. The topological polar surface area (TPSA) is 76.2 Å². The molecule has 4 nitrogen and oxygen atoms in total. The van der Waals surface area contributed by atoms with E-state index in [4.69, 9.17) is 10.8 Å². The lowest BCUT2D eigenvalue weighted by Gasteiger charge is -2.03. The highest BCUT2D eigenvalue weighted by Gasteiger charge is 2.09. The van der Waals surface area contributed by atoms with Gasteiger partial charge in [0.2, 0.25) is 0 Å². The molecule has 1 heterocycles. The Balaban J connectivity index is 2.78. The molecule has 1 aromatic heterocycles. The first-order valence-electron chi connectivity index (χ1n) is 4.17. The van der Waals surface area contributed by atoms with E-state index in [1.165, 1.54) is 24.3 Å². The molecule has 0 radical (unpaired) electrons. The number of hydrogen-bond donors (Lipinski definition) is 2. The predicted octanol–water partition coefficient (Wildman–Crippen LogP) is 1.65. The first-order valence-corrected chi connectivity index (χ1v) is 4.17. The van der Waals surface area contributed by atoms with E-state index < -0.39 is 11.8 Å². The standard InChI is InChI=1S/C10H7FN2O2/c11-5-1-2-8-6(3-5)7(12)4-9(13-8)10(14)15/h1-4H,(H2,12,13)(H,14,15). The third-order valence-corrected chi connectivity index (χ3v) is 2.02. The molecule has 5 heteroatoms. The van der Waals surface area contributed by atoms with E-state index in [9.17, 15) is 9.18 Å². The van der Waals surface area contributed by atoms with E-state index in [1.807, 2.05) is 0 Å². The summed E-state index contributed by atoms with van der Waals surface area (Å²) in [6, 6.07) is 5.04. The molecule has 0 aliphatic carbocycles. The summed E-state index contributed by atoms with van der Waals surface area (Å²) >= 11 is 0. The van der Waals surface area contributed by atoms with Gasteiger partial charge in [-0.25, -0.2) is 14.2 Å². The normalized spacial score (nSPS) is 10.5. The maximum Gasteiger partial charge on any atom is 0.354 e. The average Bonchev–Trinajstić information content (AvgIpc) is 2.18. The van der Waals surface area contributed by atoms with Crippen molar-refractivity contribution in [3.63, 3.8) is 0 Å². The van der Waals surface area contributed by atoms with Gasteiger partial charge in [0.25, 0.3) is 0 Å². The average molecular weight is 206 g/mol. The molecule has 1 aromatic carbocycles. The van der Waals surface area contributed by atoms with Gasteiger partial charge in [-0.05, 0) is 24.3 Å². The molecule has 0 spiro atoms. The molecule has 3 N–H and O–H groups in total. The predicted molar refractivity (Wildman–Crippen MR) is 53.1 cm³/mol. The lowest BCUT2D eigenvalue weighted by atomic mass is 10.1. The fraction of sp³-hybridized carbons (Fsp3) is 0. The van der Waals surface area contributed by atoms with Crippen molar-refractivity contribution in [2.24, 2.45) is 0 Å². The van der Waals surface area contributed by atoms with E-state index in [0.717, 1.165) is 0 Å². The third-order valence-electron chi connectivity index (χ3n) is 2.02. The second-order valence-corrected chi connectivity index (χ2v) is 3.06. The Morgan fingerprint density at radius 2 is 2.13 bits per heavy atom. The number of aromatic nitrogens is 1. The first kappa shape index (κ1) is 9.39. The third kappa shape index (κ3) is 1.59. The van der Waals surface area contributed by atoms with Crippen molar-refractivity contribution in [2.75, 3.05) is 5.73 Å². The van der Waals surface area contributed by atoms with Gasteiger partial charge in [0.05, 0.1) is 5.52 Å². The summed E-state index contributed by atoms with van der Waals surface area (Å²) in [5.74, 6) is -1.59. The smallest absolute Gasteiger partial charge is 0.354 e. The molecular formula is C10H7FN2O2. The number of aromatic carboxylic acids is 1. The maximum atomic E-state index is 12.9. The van der Waals surface area contributed by atoms with E-state index in [1.54, 1.807) is 0 Å². The molecule has 0 unspecified atom stereocenters. The van der Waals surface area contributed by atoms with Crippen molar-refractivity contribution in [1.82, 2.24) is 4.98 Å². The van der Waals surface area contributed by atoms with Gasteiger partial charge in [-0.2, -0.15) is 0 Å². The molecule has 0 fully saturated rings. The molecule has 0 saturated heterocycles. The number of fused-ring (bicyclic) bond motifs is 1. The lowest BCUT2D eigenvalue weighted by Crippen LogP contribution is -2.02. The summed E-state index contributed by atoms with van der Waals surface area (Å²) in [4.78, 5) is 14.5. The molecule has 0 saturated carbocycles. The van der Waals surface area contributed by atoms with Crippen LogP contribution < -0.4 is 5.73 Å². The summed E-state index contributed by atoms with van der Waals surface area (Å²) < 4.78 is 12.9. The summed E-state index contributed by atoms with van der Waals surface area (Å²) in [6.07, 6.45) is 0. The van der Waals surface area contributed by atoms with Crippen LogP contribution in [0.4, 0.5) is 10.1 Å². The van der Waals surface area contributed by atoms with Gasteiger partial charge in [0, 0.05) is 11.1 Å². The largest absolute Gasteiger partial charge is 0.477 e. The second kappa shape index (κ2) is 3.20. The van der Waals surface area contributed by atoms with Crippen molar-refractivity contribution >= 4 is 22.6 Å². The highest BCUT2D eigenvalue weighted by atomic mass is 19.1. The molecule has 2 aromatic rings. The Bertz CT molecular complexity index is 554. The van der Waals surface area contributed by atoms with Crippen LogP contribution in [0.15, 0.2) is 24.3 Å². The number of hydrogen-bond acceptors (Lipinski definition) is 3. The van der Waals surface area contributed by atoms with Gasteiger partial charge in [-0.1, -0.05) is 0 Å². The Hall–Kier alpha value is -2.17. The number of pyridine rings is 1. The molecule has 0 bridgehead atoms. The second-order valence-electron chi connectivity index (χ2n) is 3.06. The zero-order valence-corrected chi connectivity index (χ0v) is 7.57. The monoisotopic (exact) mass is 206 g/mol. The highest BCUT2D eigenvalue weighted by Crippen LogP contribution is 2.21. The van der Waals surface area contributed by atoms with Gasteiger partial charge >= 0.3 is 5.97 Å². The number of benzene rings is 1. The van der Waals surface area contributed by atoms with Crippen LogP contribution in [0.25, 0.3) is 10.9 Å². The van der Waals surface area contributed by atoms with Gasteiger partial charge in [0.15, 0.2) is 5.69 Å². The van der Waals surface area contributed by atoms with Gasteiger partial charge in [-0.3, -0.25) is 0 Å². The zero-order chi connectivity index (χ0) is 11.0. The summed E-state index contributed by atoms with van der Waals surface area (Å²) in [7, 11) is 0. The summed E-state index contributed by atoms with van der Waals surface area (Å²) in [6.45, 7) is 0. The van der Waals surface area contributed by atoms with Crippen molar-refractivity contribution < 1.29 is 14.3 Å². The van der Waals surface area contributed by atoms with Crippen molar-refractivity contribution in [3.05, 3.63) is 35.8 Å². The highest BCUT2D eigenvalue weighted by molar-refractivity contribution is 5.96. The molecule has 0 aliphatic heterocycles. The van der Waals surface area contributed by atoms with Crippen LogP contribution in [-0.2, 0) is 0 Å². The Morgan fingerprint density at radius 1 is 1.40 bits per heavy atom. The lowest BCUT2D eigenvalue weighted by molar-refractivity contribution is 0.0691. The Labute approximate surface area is 84.2 Å². The molecule has 2 rings (SSSR count). The molecule has 0 amide bonds. The molecule has 15 heavy (non-hydrogen) atoms. The maximum absolute atomic E-state index is 12.9. The van der Waals surface area contributed by atoms with Gasteiger partial charge < -0.3 is 10.8 Å². The molecular weight excluding hydrogens is 199 g/mol. The van der Waals surface area contributed by atoms with Crippen LogP contribution in [0, 0.1) is 5.82 Å². The van der Waals surface area contributed by atoms with E-state index in [-0.39, 0.29) is 11.4 Å². The number of carboxylic acids is 1. The molecule has 0 atom stereocenters. The van der Waals surface area contributed by atoms with Gasteiger partial charge in [-0.15, -0.1) is 0 Å². The number of nitrogens with zero attached hydrogens (tertiary/aromatic N) is 1. The van der Waals surface area contributed by atoms with Gasteiger partial charge in [0.1, 0.15) is 5.82 Å². The number of rotatable bonds is 1. The minimum absolute atomic E-state index is 0.147. The first-order chi connectivity index (χ1) is 7.08. The van der Waals surface area contributed by atoms with Crippen LogP contribution in [0.5, 0.6) is 0 Å². The quantitative estimate of drug-likeness (QED) is 0.743. The van der Waals surface area contributed by atoms with Crippen LogP contribution >= 0.6 is 0 Å². The number of nitrogen functional groups attached to an aromatic ring is 1. The fourth-order valence-corrected chi connectivity index (χ4v) is 1.33. The molecule has 76 valence electrons. The van der Waals surface area contributed by atoms with Crippen molar-refractivity contribution in [3.8, 4) is 0 Å². The van der Waals surface area contributed by atoms with Crippen LogP contribution in [0.3, 0.4) is 0 Å². The van der Waals surface area contributed by atoms with Crippen molar-refractivity contribution in [2.45, 2.75) is 0 Å². The van der Waals surface area contributed by atoms with Crippen LogP contribution in [0.2, 0.25) is 0 Å². The summed E-state index contributed by atoms with van der Waals surface area (Å²) in [5.41, 5.74) is 6.02. The van der Waals surface area contributed by atoms with E-state index in [2.05, 4.69) is 4.98 Å². The van der Waals surface area contributed by atoms with Crippen molar-refractivity contribution in [1.29, 1.82) is 0 Å². The minimum Gasteiger partial charge on any atom is -0.477 e. The SMILES string of the molecule is Nc1cc(C(=O)O)nc2ccc(F)cc12. The Kier molecular flexibility index (Phi) is 2.00. The zero-order valence-electron chi connectivity index (χ0n) is 7.57.